The Labute approximate surface area is 146 Å². The van der Waals surface area contributed by atoms with Gasteiger partial charge in [0.2, 0.25) is 0 Å². The van der Waals surface area contributed by atoms with Gasteiger partial charge in [-0.1, -0.05) is 13.8 Å². The largest absolute Gasteiger partial charge is 0.507 e. The molecule has 1 aromatic carbocycles. The number of aryl methyl sites for hydroxylation is 2. The lowest BCUT2D eigenvalue weighted by molar-refractivity contribution is -0.226. The Morgan fingerprint density at radius 2 is 1.76 bits per heavy atom. The lowest BCUT2D eigenvalue weighted by Crippen LogP contribution is -2.34. The van der Waals surface area contributed by atoms with E-state index in [1.165, 1.54) is 0 Å². The molecule has 0 saturated carbocycles. The highest BCUT2D eigenvalue weighted by Crippen LogP contribution is 2.42. The molecule has 134 valence electrons. The van der Waals surface area contributed by atoms with Crippen LogP contribution in [0, 0.1) is 12.3 Å². The third-order valence-corrected chi connectivity index (χ3v) is 5.20. The number of fused-ring (bicyclic) bond motifs is 3. The average Bonchev–Trinajstić information content (AvgIpc) is 2.58. The summed E-state index contributed by atoms with van der Waals surface area (Å²) in [6.45, 7) is 7.01. The third-order valence-electron chi connectivity index (χ3n) is 5.20. The minimum absolute atomic E-state index is 0.0776. The normalized spacial score (nSPS) is 20.6. The molecule has 0 radical (unpaired) electrons. The molecule has 0 atom stereocenters. The quantitative estimate of drug-likeness (QED) is 0.798. The number of aromatic hydroxyl groups is 1. The average molecular weight is 344 g/mol. The van der Waals surface area contributed by atoms with Gasteiger partial charge in [0.1, 0.15) is 5.75 Å². The van der Waals surface area contributed by atoms with E-state index in [1.54, 1.807) is 0 Å². The first-order valence-electron chi connectivity index (χ1n) is 8.91. The molecule has 1 aromatic heterocycles. The molecule has 5 heteroatoms. The van der Waals surface area contributed by atoms with Gasteiger partial charge in [0.15, 0.2) is 11.9 Å². The zero-order chi connectivity index (χ0) is 17.8. The molecular weight excluding hydrogens is 320 g/mol. The zero-order valence-electron chi connectivity index (χ0n) is 15.0. The highest BCUT2D eigenvalue weighted by atomic mass is 16.7. The van der Waals surface area contributed by atoms with Crippen molar-refractivity contribution in [1.82, 2.24) is 0 Å². The third kappa shape index (κ3) is 2.75. The van der Waals surface area contributed by atoms with Crippen molar-refractivity contribution < 1.29 is 19.0 Å². The van der Waals surface area contributed by atoms with Crippen molar-refractivity contribution in [3.8, 4) is 5.75 Å². The van der Waals surface area contributed by atoms with Gasteiger partial charge in [-0.15, -0.1) is 0 Å². The van der Waals surface area contributed by atoms with Crippen LogP contribution in [-0.2, 0) is 22.3 Å². The smallest absolute Gasteiger partial charge is 0.339 e. The highest BCUT2D eigenvalue weighted by molar-refractivity contribution is 5.87. The highest BCUT2D eigenvalue weighted by Gasteiger charge is 2.34. The number of ether oxygens (including phenoxy) is 2. The molecule has 0 spiro atoms. The molecule has 0 bridgehead atoms. The molecular formula is C20H24O5. The molecule has 0 unspecified atom stereocenters. The summed E-state index contributed by atoms with van der Waals surface area (Å²) in [5.41, 5.74) is 3.03. The van der Waals surface area contributed by atoms with Gasteiger partial charge in [0.05, 0.1) is 18.8 Å². The fourth-order valence-electron chi connectivity index (χ4n) is 3.81. The maximum atomic E-state index is 12.5. The molecule has 4 rings (SSSR count). The van der Waals surface area contributed by atoms with Crippen molar-refractivity contribution in [2.24, 2.45) is 5.41 Å². The van der Waals surface area contributed by atoms with Crippen LogP contribution in [0.25, 0.3) is 11.0 Å². The Morgan fingerprint density at radius 1 is 1.12 bits per heavy atom. The number of phenolic OH excluding ortho intramolecular Hbond substituents is 1. The Morgan fingerprint density at radius 3 is 2.44 bits per heavy atom. The van der Waals surface area contributed by atoms with Crippen LogP contribution < -0.4 is 5.63 Å². The maximum absolute atomic E-state index is 12.5. The van der Waals surface area contributed by atoms with Crippen LogP contribution >= 0.6 is 0 Å². The van der Waals surface area contributed by atoms with E-state index in [2.05, 4.69) is 13.8 Å². The first-order chi connectivity index (χ1) is 11.9. The molecule has 2 aromatic rings. The summed E-state index contributed by atoms with van der Waals surface area (Å²) in [6.07, 6.45) is 2.97. The summed E-state index contributed by atoms with van der Waals surface area (Å²) in [6, 6.07) is 1.91. The van der Waals surface area contributed by atoms with E-state index in [1.807, 2.05) is 13.0 Å². The summed E-state index contributed by atoms with van der Waals surface area (Å²) < 4.78 is 17.4. The maximum Gasteiger partial charge on any atom is 0.339 e. The Bertz CT molecular complexity index is 883. The number of phenols is 1. The topological polar surface area (TPSA) is 68.9 Å². The monoisotopic (exact) mass is 344 g/mol. The van der Waals surface area contributed by atoms with E-state index in [9.17, 15) is 9.90 Å². The van der Waals surface area contributed by atoms with Crippen LogP contribution in [0.4, 0.5) is 0 Å². The van der Waals surface area contributed by atoms with Gasteiger partial charge >= 0.3 is 5.63 Å². The standard InChI is InChI=1S/C20H24O5/c1-11-8-14-12-6-4-5-7-13(12)18(22)25-17(14)15(16(11)21)19-23-9-20(2,3)10-24-19/h8,19,21H,4-7,9-10H2,1-3H3. The molecule has 1 fully saturated rings. The summed E-state index contributed by atoms with van der Waals surface area (Å²) in [5, 5.41) is 11.6. The van der Waals surface area contributed by atoms with Crippen LogP contribution in [0.1, 0.15) is 55.2 Å². The van der Waals surface area contributed by atoms with E-state index < -0.39 is 6.29 Å². The number of benzene rings is 1. The van der Waals surface area contributed by atoms with Crippen LogP contribution in [0.5, 0.6) is 5.75 Å². The summed E-state index contributed by atoms with van der Waals surface area (Å²) >= 11 is 0. The molecule has 2 aliphatic rings. The van der Waals surface area contributed by atoms with Crippen LogP contribution in [0.15, 0.2) is 15.3 Å². The van der Waals surface area contributed by atoms with Crippen LogP contribution in [-0.4, -0.2) is 18.3 Å². The van der Waals surface area contributed by atoms with Gasteiger partial charge in [0, 0.05) is 16.4 Å². The Balaban J connectivity index is 1.93. The van der Waals surface area contributed by atoms with E-state index in [-0.39, 0.29) is 16.8 Å². The van der Waals surface area contributed by atoms with Crippen molar-refractivity contribution >= 4 is 11.0 Å². The summed E-state index contributed by atoms with van der Waals surface area (Å²) in [7, 11) is 0. The minimum atomic E-state index is -0.722. The fourth-order valence-corrected chi connectivity index (χ4v) is 3.81. The molecule has 1 N–H and O–H groups in total. The molecule has 1 saturated heterocycles. The predicted molar refractivity (Wildman–Crippen MR) is 94.0 cm³/mol. The second-order valence-electron chi connectivity index (χ2n) is 8.00. The minimum Gasteiger partial charge on any atom is -0.507 e. The SMILES string of the molecule is Cc1cc2c3c(c(=O)oc2c(C2OCC(C)(C)CO2)c1O)CCCC3. The number of hydrogen-bond acceptors (Lipinski definition) is 5. The van der Waals surface area contributed by atoms with Crippen molar-refractivity contribution in [1.29, 1.82) is 0 Å². The van der Waals surface area contributed by atoms with Crippen LogP contribution in [0.2, 0.25) is 0 Å². The second kappa shape index (κ2) is 5.85. The van der Waals surface area contributed by atoms with E-state index in [0.29, 0.717) is 24.4 Å². The molecule has 2 heterocycles. The van der Waals surface area contributed by atoms with E-state index >= 15 is 0 Å². The first kappa shape index (κ1) is 16.6. The zero-order valence-corrected chi connectivity index (χ0v) is 15.0. The van der Waals surface area contributed by atoms with Crippen molar-refractivity contribution in [3.63, 3.8) is 0 Å². The number of hydrogen-bond donors (Lipinski definition) is 1. The molecule has 1 aliphatic heterocycles. The summed E-state index contributed by atoms with van der Waals surface area (Å²) in [5.74, 6) is 0.0797. The predicted octanol–water partition coefficient (Wildman–Crippen LogP) is 3.76. The van der Waals surface area contributed by atoms with E-state index in [4.69, 9.17) is 13.9 Å². The van der Waals surface area contributed by atoms with E-state index in [0.717, 1.165) is 47.8 Å². The van der Waals surface area contributed by atoms with Crippen molar-refractivity contribution in [3.05, 3.63) is 38.7 Å². The lowest BCUT2D eigenvalue weighted by Gasteiger charge is -2.35. The molecule has 1 aliphatic carbocycles. The van der Waals surface area contributed by atoms with Crippen molar-refractivity contribution in [2.45, 2.75) is 52.7 Å². The number of rotatable bonds is 1. The van der Waals surface area contributed by atoms with Gasteiger partial charge in [-0.3, -0.25) is 0 Å². The van der Waals surface area contributed by atoms with Gasteiger partial charge in [-0.25, -0.2) is 4.79 Å². The summed E-state index contributed by atoms with van der Waals surface area (Å²) in [4.78, 5) is 12.5. The second-order valence-corrected chi connectivity index (χ2v) is 8.00. The Hall–Kier alpha value is -1.85. The molecule has 25 heavy (non-hydrogen) atoms. The van der Waals surface area contributed by atoms with Gasteiger partial charge < -0.3 is 19.0 Å². The lowest BCUT2D eigenvalue weighted by atomic mass is 9.89. The van der Waals surface area contributed by atoms with Gasteiger partial charge in [-0.2, -0.15) is 0 Å². The molecule has 0 amide bonds. The molecule has 5 nitrogen and oxygen atoms in total. The first-order valence-corrected chi connectivity index (χ1v) is 8.91. The Kier molecular flexibility index (Phi) is 3.89. The van der Waals surface area contributed by atoms with Crippen LogP contribution in [0.3, 0.4) is 0 Å². The van der Waals surface area contributed by atoms with Gasteiger partial charge in [-0.05, 0) is 49.8 Å². The fraction of sp³-hybridized carbons (Fsp3) is 0.550. The van der Waals surface area contributed by atoms with Gasteiger partial charge in [0.25, 0.3) is 0 Å². The van der Waals surface area contributed by atoms with Crippen molar-refractivity contribution in [2.75, 3.05) is 13.2 Å².